The lowest BCUT2D eigenvalue weighted by molar-refractivity contribution is 0.166. The summed E-state index contributed by atoms with van der Waals surface area (Å²) in [5.74, 6) is 2.23. The van der Waals surface area contributed by atoms with Crippen molar-refractivity contribution < 1.29 is 9.47 Å². The van der Waals surface area contributed by atoms with Gasteiger partial charge in [-0.3, -0.25) is 0 Å². The second-order valence-corrected chi connectivity index (χ2v) is 8.41. The molecule has 1 saturated heterocycles. The van der Waals surface area contributed by atoms with Crippen LogP contribution in [0, 0.1) is 12.8 Å². The number of aryl methyl sites for hydroxylation is 1. The predicted molar refractivity (Wildman–Crippen MR) is 130 cm³/mol. The first-order valence-corrected chi connectivity index (χ1v) is 11.6. The normalized spacial score (nSPS) is 16.4. The summed E-state index contributed by atoms with van der Waals surface area (Å²) in [6.07, 6.45) is 1.98. The van der Waals surface area contributed by atoms with Crippen LogP contribution in [-0.4, -0.2) is 43.9 Å². The third kappa shape index (κ3) is 6.04. The monoisotopic (exact) mass is 434 g/mol. The van der Waals surface area contributed by atoms with Gasteiger partial charge in [-0.15, -0.1) is 0 Å². The lowest BCUT2D eigenvalue weighted by Gasteiger charge is -2.15. The second-order valence-electron chi connectivity index (χ2n) is 8.41. The number of hydrogen-bond acceptors (Lipinski definition) is 3. The first-order chi connectivity index (χ1) is 15.7. The maximum atomic E-state index is 6.17. The highest BCUT2D eigenvalue weighted by molar-refractivity contribution is 5.81. The molecule has 1 fully saturated rings. The lowest BCUT2D eigenvalue weighted by atomic mass is 10.1. The Morgan fingerprint density at radius 1 is 1.19 bits per heavy atom. The number of ether oxygens (including phenoxy) is 2. The number of para-hydroxylation sites is 1. The molecule has 0 aliphatic carbocycles. The van der Waals surface area contributed by atoms with E-state index < -0.39 is 0 Å². The van der Waals surface area contributed by atoms with Gasteiger partial charge in [-0.1, -0.05) is 30.3 Å². The molecule has 3 aromatic rings. The molecule has 1 aromatic heterocycles. The summed E-state index contributed by atoms with van der Waals surface area (Å²) in [7, 11) is 0. The number of aromatic amines is 1. The van der Waals surface area contributed by atoms with Crippen LogP contribution in [0.1, 0.15) is 30.2 Å². The molecule has 1 atom stereocenters. The van der Waals surface area contributed by atoms with Crippen LogP contribution in [0.2, 0.25) is 0 Å². The standard InChI is InChI=1S/C26H34N4O2/c1-3-27-26(28-12-10-23-15-21-6-4-5-7-24(21)30-23)29-16-22-9-8-19(2)14-25(22)32-18-20-11-13-31-17-20/h4-9,14-15,20,30H,3,10-13,16-18H2,1-2H3,(H2,27,28,29). The molecule has 6 nitrogen and oxygen atoms in total. The topological polar surface area (TPSA) is 70.7 Å². The molecule has 0 saturated carbocycles. The summed E-state index contributed by atoms with van der Waals surface area (Å²) in [4.78, 5) is 8.29. The van der Waals surface area contributed by atoms with E-state index in [-0.39, 0.29) is 0 Å². The average Bonchev–Trinajstić information content (AvgIpc) is 3.46. The van der Waals surface area contributed by atoms with Gasteiger partial charge in [-0.05, 0) is 49.4 Å². The molecule has 32 heavy (non-hydrogen) atoms. The van der Waals surface area contributed by atoms with Crippen LogP contribution < -0.4 is 15.4 Å². The molecule has 0 amide bonds. The van der Waals surface area contributed by atoms with Crippen LogP contribution >= 0.6 is 0 Å². The highest BCUT2D eigenvalue weighted by Crippen LogP contribution is 2.23. The second kappa shape index (κ2) is 11.0. The van der Waals surface area contributed by atoms with Gasteiger partial charge >= 0.3 is 0 Å². The van der Waals surface area contributed by atoms with E-state index in [0.29, 0.717) is 19.1 Å². The molecule has 0 spiro atoms. The van der Waals surface area contributed by atoms with Crippen LogP contribution in [0.15, 0.2) is 53.5 Å². The number of hydrogen-bond donors (Lipinski definition) is 3. The number of fused-ring (bicyclic) bond motifs is 1. The third-order valence-corrected chi connectivity index (χ3v) is 5.75. The lowest BCUT2D eigenvalue weighted by Crippen LogP contribution is -2.38. The van der Waals surface area contributed by atoms with E-state index in [1.54, 1.807) is 0 Å². The number of nitrogens with one attached hydrogen (secondary N) is 3. The molecule has 170 valence electrons. The molecule has 2 heterocycles. The van der Waals surface area contributed by atoms with Gasteiger partial charge in [0.2, 0.25) is 0 Å². The van der Waals surface area contributed by atoms with Gasteiger partial charge in [0.1, 0.15) is 5.75 Å². The van der Waals surface area contributed by atoms with Crippen molar-refractivity contribution in [3.05, 3.63) is 65.4 Å². The third-order valence-electron chi connectivity index (χ3n) is 5.75. The zero-order valence-corrected chi connectivity index (χ0v) is 19.1. The number of H-pyrrole nitrogens is 1. The highest BCUT2D eigenvalue weighted by Gasteiger charge is 2.17. The van der Waals surface area contributed by atoms with Gasteiger partial charge in [0.05, 0.1) is 19.8 Å². The Hall–Kier alpha value is -2.99. The summed E-state index contributed by atoms with van der Waals surface area (Å²) in [5.41, 5.74) is 4.69. The van der Waals surface area contributed by atoms with Crippen LogP contribution in [0.4, 0.5) is 0 Å². The SMILES string of the molecule is CCNC(=NCc1ccc(C)cc1OCC1CCOC1)NCCc1cc2ccccc2[nH]1. The van der Waals surface area contributed by atoms with Crippen molar-refractivity contribution in [1.82, 2.24) is 15.6 Å². The highest BCUT2D eigenvalue weighted by atomic mass is 16.5. The molecular weight excluding hydrogens is 400 g/mol. The van der Waals surface area contributed by atoms with E-state index in [0.717, 1.165) is 56.4 Å². The smallest absolute Gasteiger partial charge is 0.191 e. The van der Waals surface area contributed by atoms with Crippen molar-refractivity contribution in [2.24, 2.45) is 10.9 Å². The van der Waals surface area contributed by atoms with Gasteiger partial charge in [-0.2, -0.15) is 0 Å². The van der Waals surface area contributed by atoms with Gasteiger partial charge in [0.25, 0.3) is 0 Å². The molecule has 1 aliphatic rings. The number of benzene rings is 2. The average molecular weight is 435 g/mol. The van der Waals surface area contributed by atoms with Crippen molar-refractivity contribution in [3.8, 4) is 5.75 Å². The zero-order valence-electron chi connectivity index (χ0n) is 19.1. The van der Waals surface area contributed by atoms with Gasteiger partial charge in [0.15, 0.2) is 5.96 Å². The Morgan fingerprint density at radius 3 is 2.91 bits per heavy atom. The molecule has 4 rings (SSSR count). The number of aliphatic imine (C=N–C) groups is 1. The van der Waals surface area contributed by atoms with Crippen LogP contribution in [-0.2, 0) is 17.7 Å². The van der Waals surface area contributed by atoms with Gasteiger partial charge < -0.3 is 25.1 Å². The predicted octanol–water partition coefficient (Wildman–Crippen LogP) is 4.19. The van der Waals surface area contributed by atoms with E-state index in [2.05, 4.69) is 78.0 Å². The van der Waals surface area contributed by atoms with E-state index in [1.165, 1.54) is 22.2 Å². The molecule has 6 heteroatoms. The van der Waals surface area contributed by atoms with Crippen molar-refractivity contribution in [1.29, 1.82) is 0 Å². The largest absolute Gasteiger partial charge is 0.493 e. The fraction of sp³-hybridized carbons (Fsp3) is 0.423. The molecule has 1 aliphatic heterocycles. The van der Waals surface area contributed by atoms with E-state index >= 15 is 0 Å². The Balaban J connectivity index is 1.35. The Bertz CT molecular complexity index is 1000. The van der Waals surface area contributed by atoms with E-state index in [9.17, 15) is 0 Å². The Morgan fingerprint density at radius 2 is 2.09 bits per heavy atom. The minimum Gasteiger partial charge on any atom is -0.493 e. The fourth-order valence-corrected chi connectivity index (χ4v) is 3.94. The maximum Gasteiger partial charge on any atom is 0.191 e. The van der Waals surface area contributed by atoms with Crippen molar-refractivity contribution >= 4 is 16.9 Å². The van der Waals surface area contributed by atoms with Crippen LogP contribution in [0.3, 0.4) is 0 Å². The van der Waals surface area contributed by atoms with Gasteiger partial charge in [-0.25, -0.2) is 4.99 Å². The number of aromatic nitrogens is 1. The summed E-state index contributed by atoms with van der Waals surface area (Å²) >= 11 is 0. The first-order valence-electron chi connectivity index (χ1n) is 11.6. The molecule has 0 radical (unpaired) electrons. The van der Waals surface area contributed by atoms with Crippen LogP contribution in [0.5, 0.6) is 5.75 Å². The minimum absolute atomic E-state index is 0.482. The Labute approximate surface area is 190 Å². The van der Waals surface area contributed by atoms with E-state index in [4.69, 9.17) is 14.5 Å². The summed E-state index contributed by atoms with van der Waals surface area (Å²) < 4.78 is 11.6. The summed E-state index contributed by atoms with van der Waals surface area (Å²) in [5, 5.41) is 8.05. The number of nitrogens with zero attached hydrogens (tertiary/aromatic N) is 1. The maximum absolute atomic E-state index is 6.17. The molecule has 2 aromatic carbocycles. The van der Waals surface area contributed by atoms with Crippen molar-refractivity contribution in [2.75, 3.05) is 32.9 Å². The molecule has 1 unspecified atom stereocenters. The van der Waals surface area contributed by atoms with Gasteiger partial charge in [0, 0.05) is 48.8 Å². The molecule has 3 N–H and O–H groups in total. The molecular formula is C26H34N4O2. The minimum atomic E-state index is 0.482. The summed E-state index contributed by atoms with van der Waals surface area (Å²) in [6.45, 7) is 8.70. The molecule has 0 bridgehead atoms. The zero-order chi connectivity index (χ0) is 22.2. The summed E-state index contributed by atoms with van der Waals surface area (Å²) in [6, 6.07) is 16.9. The van der Waals surface area contributed by atoms with Crippen molar-refractivity contribution in [2.45, 2.75) is 33.2 Å². The number of rotatable bonds is 9. The Kier molecular flexibility index (Phi) is 7.67. The number of guanidine groups is 1. The van der Waals surface area contributed by atoms with E-state index in [1.807, 2.05) is 0 Å². The quantitative estimate of drug-likeness (QED) is 0.349. The van der Waals surface area contributed by atoms with Crippen molar-refractivity contribution in [3.63, 3.8) is 0 Å². The van der Waals surface area contributed by atoms with Crippen LogP contribution in [0.25, 0.3) is 10.9 Å². The fourth-order valence-electron chi connectivity index (χ4n) is 3.94. The first kappa shape index (κ1) is 22.2.